The topological polar surface area (TPSA) is 65.4 Å². The van der Waals surface area contributed by atoms with Crippen molar-refractivity contribution in [3.63, 3.8) is 0 Å². The highest BCUT2D eigenvalue weighted by atomic mass is 35.5. The summed E-state index contributed by atoms with van der Waals surface area (Å²) >= 11 is 6.07. The highest BCUT2D eigenvalue weighted by Crippen LogP contribution is 2.46. The average molecular weight is 466 g/mol. The molecule has 0 bridgehead atoms. The molecular weight excluding hydrogens is 434 g/mol. The summed E-state index contributed by atoms with van der Waals surface area (Å²) in [7, 11) is 1.61. The zero-order chi connectivity index (χ0) is 24.3. The number of rotatable bonds is 6. The lowest BCUT2D eigenvalue weighted by atomic mass is 9.79. The van der Waals surface area contributed by atoms with E-state index in [1.807, 2.05) is 25.1 Å². The summed E-state index contributed by atoms with van der Waals surface area (Å²) in [6.45, 7) is 11.8. The first-order valence-electron chi connectivity index (χ1n) is 11.3. The molecule has 6 heteroatoms. The smallest absolute Gasteiger partial charge is 0.266 e. The zero-order valence-corrected chi connectivity index (χ0v) is 21.0. The minimum Gasteiger partial charge on any atom is -0.496 e. The van der Waals surface area contributed by atoms with Gasteiger partial charge in [0.25, 0.3) is 5.91 Å². The van der Waals surface area contributed by atoms with E-state index in [4.69, 9.17) is 16.3 Å². The summed E-state index contributed by atoms with van der Waals surface area (Å²) in [5.74, 6) is 0.498. The first-order valence-corrected chi connectivity index (χ1v) is 11.7. The molecule has 0 saturated carbocycles. The number of carbonyl (C=O) groups is 1. The Bertz CT molecular complexity index is 1130. The van der Waals surface area contributed by atoms with Crippen LogP contribution in [0, 0.1) is 18.3 Å². The summed E-state index contributed by atoms with van der Waals surface area (Å²) < 4.78 is 5.69. The predicted molar refractivity (Wildman–Crippen MR) is 136 cm³/mol. The van der Waals surface area contributed by atoms with Crippen LogP contribution in [0.2, 0.25) is 5.02 Å². The lowest BCUT2D eigenvalue weighted by Crippen LogP contribution is -2.48. The van der Waals surface area contributed by atoms with Gasteiger partial charge in [-0.1, -0.05) is 31.5 Å². The molecule has 0 fully saturated rings. The van der Waals surface area contributed by atoms with Gasteiger partial charge in [0.1, 0.15) is 17.4 Å². The number of hydrogen-bond donors (Lipinski definition) is 1. The molecule has 3 rings (SSSR count). The van der Waals surface area contributed by atoms with Gasteiger partial charge in [-0.15, -0.1) is 0 Å². The second-order valence-electron chi connectivity index (χ2n) is 9.31. The van der Waals surface area contributed by atoms with Gasteiger partial charge in [-0.3, -0.25) is 4.79 Å². The molecule has 174 valence electrons. The maximum Gasteiger partial charge on any atom is 0.266 e. The van der Waals surface area contributed by atoms with Crippen LogP contribution in [0.1, 0.15) is 63.1 Å². The first kappa shape index (κ1) is 24.7. The zero-order valence-electron chi connectivity index (χ0n) is 20.3. The van der Waals surface area contributed by atoms with Crippen LogP contribution in [0.25, 0.3) is 6.08 Å². The Morgan fingerprint density at radius 2 is 2.09 bits per heavy atom. The Balaban J connectivity index is 2.03. The van der Waals surface area contributed by atoms with Gasteiger partial charge in [0.15, 0.2) is 0 Å². The minimum atomic E-state index is -0.482. The molecule has 2 aromatic rings. The number of nitriles is 1. The standard InChI is InChI=1S/C27H32ClN3O2/c1-7-10-31-24-14-25(33-6)19(12-22(24)18(3)15-27(31,4)5)11-20(16-29)26(32)30-23-13-21(28)9-8-17(23)2/h8-9,11-14,18H,7,10,15H2,1-6H3,(H,30,32)/b20-11+. The van der Waals surface area contributed by atoms with Gasteiger partial charge in [-0.25, -0.2) is 0 Å². The van der Waals surface area contributed by atoms with Gasteiger partial charge in [-0.2, -0.15) is 5.26 Å². The van der Waals surface area contributed by atoms with Crippen LogP contribution in [0.3, 0.4) is 0 Å². The third-order valence-corrected chi connectivity index (χ3v) is 6.53. The molecule has 0 spiro atoms. The number of nitrogens with one attached hydrogen (secondary N) is 1. The Labute approximate surface area is 202 Å². The van der Waals surface area contributed by atoms with Crippen LogP contribution in [-0.2, 0) is 4.79 Å². The van der Waals surface area contributed by atoms with Crippen molar-refractivity contribution >= 4 is 35.0 Å². The molecule has 1 amide bonds. The number of amides is 1. The van der Waals surface area contributed by atoms with Crippen LogP contribution in [0.4, 0.5) is 11.4 Å². The van der Waals surface area contributed by atoms with Gasteiger partial charge in [0.2, 0.25) is 0 Å². The summed E-state index contributed by atoms with van der Waals surface area (Å²) in [6.07, 6.45) is 3.67. The number of fused-ring (bicyclic) bond motifs is 1. The predicted octanol–water partition coefficient (Wildman–Crippen LogP) is 6.70. The summed E-state index contributed by atoms with van der Waals surface area (Å²) in [6, 6.07) is 11.4. The molecule has 1 unspecified atom stereocenters. The van der Waals surface area contributed by atoms with Gasteiger partial charge in [0, 0.05) is 40.1 Å². The molecule has 5 nitrogen and oxygen atoms in total. The maximum atomic E-state index is 12.9. The monoisotopic (exact) mass is 465 g/mol. The molecule has 1 atom stereocenters. The van der Waals surface area contributed by atoms with Crippen LogP contribution in [0.15, 0.2) is 35.9 Å². The van der Waals surface area contributed by atoms with E-state index in [-0.39, 0.29) is 11.1 Å². The van der Waals surface area contributed by atoms with Gasteiger partial charge >= 0.3 is 0 Å². The molecule has 1 aliphatic rings. The van der Waals surface area contributed by atoms with Crippen molar-refractivity contribution in [3.05, 3.63) is 57.6 Å². The normalized spacial score (nSPS) is 17.2. The molecule has 0 saturated heterocycles. The van der Waals surface area contributed by atoms with E-state index >= 15 is 0 Å². The van der Waals surface area contributed by atoms with Crippen molar-refractivity contribution in [2.45, 2.75) is 58.9 Å². The Morgan fingerprint density at radius 1 is 1.36 bits per heavy atom. The van der Waals surface area contributed by atoms with E-state index in [0.29, 0.717) is 27.9 Å². The molecule has 0 radical (unpaired) electrons. The lowest BCUT2D eigenvalue weighted by molar-refractivity contribution is -0.112. The van der Waals surface area contributed by atoms with Crippen molar-refractivity contribution in [1.82, 2.24) is 0 Å². The number of nitrogens with zero attached hydrogens (tertiary/aromatic N) is 2. The second kappa shape index (κ2) is 9.89. The summed E-state index contributed by atoms with van der Waals surface area (Å²) in [5.41, 5.74) is 4.57. The van der Waals surface area contributed by atoms with E-state index in [0.717, 1.165) is 30.6 Å². The highest BCUT2D eigenvalue weighted by molar-refractivity contribution is 6.31. The van der Waals surface area contributed by atoms with Gasteiger partial charge in [-0.05, 0) is 74.9 Å². The average Bonchev–Trinajstić information content (AvgIpc) is 2.76. The van der Waals surface area contributed by atoms with Gasteiger partial charge < -0.3 is 15.0 Å². The summed E-state index contributed by atoms with van der Waals surface area (Å²) in [5, 5.41) is 13.1. The van der Waals surface area contributed by atoms with Crippen molar-refractivity contribution < 1.29 is 9.53 Å². The highest BCUT2D eigenvalue weighted by Gasteiger charge is 2.36. The maximum absolute atomic E-state index is 12.9. The van der Waals surface area contributed by atoms with Crippen molar-refractivity contribution in [2.24, 2.45) is 0 Å². The molecule has 0 aromatic heterocycles. The van der Waals surface area contributed by atoms with E-state index in [2.05, 4.69) is 44.0 Å². The number of methoxy groups -OCH3 is 1. The fourth-order valence-electron chi connectivity index (χ4n) is 4.69. The quantitative estimate of drug-likeness (QED) is 0.380. The Morgan fingerprint density at radius 3 is 2.73 bits per heavy atom. The van der Waals surface area contributed by atoms with Crippen molar-refractivity contribution in [1.29, 1.82) is 5.26 Å². The molecule has 2 aromatic carbocycles. The van der Waals surface area contributed by atoms with Gasteiger partial charge in [0.05, 0.1) is 7.11 Å². The number of carbonyl (C=O) groups excluding carboxylic acids is 1. The number of ether oxygens (including phenoxy) is 1. The van der Waals surface area contributed by atoms with Crippen molar-refractivity contribution in [3.8, 4) is 11.8 Å². The Hall–Kier alpha value is -2.97. The molecular formula is C27H32ClN3O2. The molecule has 33 heavy (non-hydrogen) atoms. The summed E-state index contributed by atoms with van der Waals surface area (Å²) in [4.78, 5) is 15.3. The SMILES string of the molecule is CCCN1c2cc(OC)c(/C=C(\C#N)C(=O)Nc3cc(Cl)ccc3C)cc2C(C)CC1(C)C. The fraction of sp³-hybridized carbons (Fsp3) is 0.407. The Kier molecular flexibility index (Phi) is 7.39. The largest absolute Gasteiger partial charge is 0.496 e. The lowest BCUT2D eigenvalue weighted by Gasteiger charge is -2.47. The first-order chi connectivity index (χ1) is 15.6. The van der Waals surface area contributed by atoms with Crippen LogP contribution < -0.4 is 15.0 Å². The molecule has 1 heterocycles. The van der Waals surface area contributed by atoms with Crippen molar-refractivity contribution in [2.75, 3.05) is 23.9 Å². The van der Waals surface area contributed by atoms with Crippen LogP contribution in [-0.4, -0.2) is 25.1 Å². The third kappa shape index (κ3) is 5.17. The molecule has 0 aliphatic carbocycles. The number of hydrogen-bond acceptors (Lipinski definition) is 4. The number of benzene rings is 2. The third-order valence-electron chi connectivity index (χ3n) is 6.30. The van der Waals surface area contributed by atoms with Crippen LogP contribution in [0.5, 0.6) is 5.75 Å². The van der Waals surface area contributed by atoms with E-state index < -0.39 is 5.91 Å². The van der Waals surface area contributed by atoms with Crippen LogP contribution >= 0.6 is 11.6 Å². The van der Waals surface area contributed by atoms with E-state index in [1.54, 1.807) is 25.3 Å². The number of aryl methyl sites for hydroxylation is 1. The molecule has 1 N–H and O–H groups in total. The number of halogens is 1. The second-order valence-corrected chi connectivity index (χ2v) is 9.74. The van der Waals surface area contributed by atoms with E-state index in [1.165, 1.54) is 5.56 Å². The fourth-order valence-corrected chi connectivity index (χ4v) is 4.86. The van der Waals surface area contributed by atoms with E-state index in [9.17, 15) is 10.1 Å². The number of anilines is 2. The minimum absolute atomic E-state index is 0.00170. The molecule has 1 aliphatic heterocycles.